The zero-order valence-electron chi connectivity index (χ0n) is 8.76. The van der Waals surface area contributed by atoms with E-state index in [1.54, 1.807) is 0 Å². The van der Waals surface area contributed by atoms with E-state index in [2.05, 4.69) is 20.4 Å². The second-order valence-corrected chi connectivity index (χ2v) is 3.19. The molecule has 88 valence electrons. The highest BCUT2D eigenvalue weighted by molar-refractivity contribution is 5.92. The molecule has 2 rings (SSSR count). The van der Waals surface area contributed by atoms with Gasteiger partial charge in [0, 0.05) is 13.0 Å². The van der Waals surface area contributed by atoms with Gasteiger partial charge in [-0.15, -0.1) is 0 Å². The lowest BCUT2D eigenvalue weighted by Gasteiger charge is -2.02. The molecular formula is C10H9FN4O2. The molecule has 0 atom stereocenters. The van der Waals surface area contributed by atoms with Gasteiger partial charge in [-0.2, -0.15) is 9.37 Å². The Bertz CT molecular complexity index is 501. The summed E-state index contributed by atoms with van der Waals surface area (Å²) in [6.45, 7) is 0.319. The molecule has 0 unspecified atom stereocenters. The highest BCUT2D eigenvalue weighted by atomic mass is 19.1. The van der Waals surface area contributed by atoms with Crippen molar-refractivity contribution >= 4 is 5.91 Å². The summed E-state index contributed by atoms with van der Waals surface area (Å²) in [6, 6.07) is 4.04. The van der Waals surface area contributed by atoms with Crippen molar-refractivity contribution in [3.8, 4) is 0 Å². The molecule has 1 amide bonds. The third kappa shape index (κ3) is 3.07. The van der Waals surface area contributed by atoms with Crippen LogP contribution in [0.5, 0.6) is 0 Å². The molecule has 0 aromatic carbocycles. The van der Waals surface area contributed by atoms with Gasteiger partial charge in [0.1, 0.15) is 5.69 Å². The lowest BCUT2D eigenvalue weighted by molar-refractivity contribution is 0.0947. The van der Waals surface area contributed by atoms with Gasteiger partial charge in [0.2, 0.25) is 11.8 Å². The van der Waals surface area contributed by atoms with Crippen molar-refractivity contribution in [2.24, 2.45) is 0 Å². The minimum Gasteiger partial charge on any atom is -0.350 e. The molecule has 2 aromatic rings. The fourth-order valence-electron chi connectivity index (χ4n) is 1.21. The number of amides is 1. The van der Waals surface area contributed by atoms with Crippen molar-refractivity contribution in [3.63, 3.8) is 0 Å². The first-order valence-electron chi connectivity index (χ1n) is 4.92. The molecule has 6 nitrogen and oxygen atoms in total. The molecule has 1 N–H and O–H groups in total. The minimum absolute atomic E-state index is 0.0375. The molecule has 17 heavy (non-hydrogen) atoms. The van der Waals surface area contributed by atoms with Crippen molar-refractivity contribution in [1.29, 1.82) is 0 Å². The average molecular weight is 236 g/mol. The molecule has 0 aliphatic carbocycles. The number of hydrogen-bond acceptors (Lipinski definition) is 5. The highest BCUT2D eigenvalue weighted by Gasteiger charge is 2.08. The van der Waals surface area contributed by atoms with Gasteiger partial charge in [-0.1, -0.05) is 11.2 Å². The fraction of sp³-hybridized carbons (Fsp3) is 0.200. The predicted molar refractivity (Wildman–Crippen MR) is 54.5 cm³/mol. The van der Waals surface area contributed by atoms with Crippen LogP contribution in [0.1, 0.15) is 16.4 Å². The second kappa shape index (κ2) is 5.15. The number of carbonyl (C=O) groups excluding carboxylic acids is 1. The van der Waals surface area contributed by atoms with Crippen LogP contribution in [0.2, 0.25) is 0 Å². The van der Waals surface area contributed by atoms with Crippen LogP contribution in [0.25, 0.3) is 0 Å². The van der Waals surface area contributed by atoms with Crippen LogP contribution in [0.3, 0.4) is 0 Å². The normalized spacial score (nSPS) is 10.2. The van der Waals surface area contributed by atoms with Gasteiger partial charge in [0.25, 0.3) is 5.91 Å². The van der Waals surface area contributed by atoms with Crippen LogP contribution >= 0.6 is 0 Å². The summed E-state index contributed by atoms with van der Waals surface area (Å²) in [5.41, 5.74) is 0.0375. The van der Waals surface area contributed by atoms with Crippen molar-refractivity contribution in [2.45, 2.75) is 6.42 Å². The number of carbonyl (C=O) groups is 1. The zero-order chi connectivity index (χ0) is 12.1. The lowest BCUT2D eigenvalue weighted by Crippen LogP contribution is -2.26. The second-order valence-electron chi connectivity index (χ2n) is 3.19. The summed E-state index contributed by atoms with van der Waals surface area (Å²) in [4.78, 5) is 18.8. The number of pyridine rings is 1. The van der Waals surface area contributed by atoms with E-state index < -0.39 is 11.9 Å². The maximum absolute atomic E-state index is 12.7. The molecule has 0 fully saturated rings. The smallest absolute Gasteiger partial charge is 0.270 e. The maximum atomic E-state index is 12.7. The van der Waals surface area contributed by atoms with E-state index in [-0.39, 0.29) is 5.69 Å². The van der Waals surface area contributed by atoms with Gasteiger partial charge in [0.05, 0.1) is 0 Å². The molecule has 0 radical (unpaired) electrons. The van der Waals surface area contributed by atoms with Crippen LogP contribution in [-0.2, 0) is 6.42 Å². The molecule has 2 aromatic heterocycles. The van der Waals surface area contributed by atoms with Gasteiger partial charge < -0.3 is 9.84 Å². The van der Waals surface area contributed by atoms with Gasteiger partial charge >= 0.3 is 0 Å². The highest BCUT2D eigenvalue weighted by Crippen LogP contribution is 1.98. The standard InChI is InChI=1S/C10H9FN4O2/c11-8-3-1-2-7(15-8)10(16)12-5-4-9-13-6-14-17-9/h1-3,6H,4-5H2,(H,12,16). The summed E-state index contributed by atoms with van der Waals surface area (Å²) in [5.74, 6) is -0.698. The van der Waals surface area contributed by atoms with E-state index in [0.717, 1.165) is 0 Å². The molecule has 0 bridgehead atoms. The largest absolute Gasteiger partial charge is 0.350 e. The Morgan fingerprint density at radius 2 is 2.35 bits per heavy atom. The summed E-state index contributed by atoms with van der Waals surface area (Å²) >= 11 is 0. The quantitative estimate of drug-likeness (QED) is 0.785. The topological polar surface area (TPSA) is 80.9 Å². The zero-order valence-corrected chi connectivity index (χ0v) is 8.76. The van der Waals surface area contributed by atoms with E-state index in [1.165, 1.54) is 24.5 Å². The van der Waals surface area contributed by atoms with E-state index >= 15 is 0 Å². The van der Waals surface area contributed by atoms with Crippen molar-refractivity contribution < 1.29 is 13.7 Å². The Hall–Kier alpha value is -2.31. The Labute approximate surface area is 95.9 Å². The monoisotopic (exact) mass is 236 g/mol. The van der Waals surface area contributed by atoms with Crippen molar-refractivity contribution in [3.05, 3.63) is 42.1 Å². The van der Waals surface area contributed by atoms with Crippen LogP contribution in [-0.4, -0.2) is 27.6 Å². The van der Waals surface area contributed by atoms with Crippen molar-refractivity contribution in [1.82, 2.24) is 20.4 Å². The van der Waals surface area contributed by atoms with Gasteiger partial charge in [-0.05, 0) is 12.1 Å². The van der Waals surface area contributed by atoms with E-state index in [1.807, 2.05) is 0 Å². The minimum atomic E-state index is -0.686. The predicted octanol–water partition coefficient (Wildman–Crippen LogP) is 0.576. The molecule has 7 heteroatoms. The first kappa shape index (κ1) is 11.2. The number of nitrogens with zero attached hydrogens (tertiary/aromatic N) is 3. The number of nitrogens with one attached hydrogen (secondary N) is 1. The Kier molecular flexibility index (Phi) is 3.39. The maximum Gasteiger partial charge on any atom is 0.270 e. The van der Waals surface area contributed by atoms with Crippen LogP contribution in [0, 0.1) is 5.95 Å². The van der Waals surface area contributed by atoms with E-state index in [0.29, 0.717) is 18.9 Å². The fourth-order valence-corrected chi connectivity index (χ4v) is 1.21. The molecule has 0 saturated carbocycles. The Balaban J connectivity index is 1.85. The summed E-state index contributed by atoms with van der Waals surface area (Å²) in [5, 5.41) is 6.00. The number of aromatic nitrogens is 3. The van der Waals surface area contributed by atoms with Crippen molar-refractivity contribution in [2.75, 3.05) is 6.54 Å². The summed E-state index contributed by atoms with van der Waals surface area (Å²) < 4.78 is 17.5. The first-order valence-corrected chi connectivity index (χ1v) is 4.92. The summed E-state index contributed by atoms with van der Waals surface area (Å²) in [6.07, 6.45) is 1.70. The van der Waals surface area contributed by atoms with Gasteiger partial charge in [-0.25, -0.2) is 4.98 Å². The Morgan fingerprint density at radius 1 is 1.47 bits per heavy atom. The SMILES string of the molecule is O=C(NCCc1ncno1)c1cccc(F)n1. The number of hydrogen-bond donors (Lipinski definition) is 1. The Morgan fingerprint density at radius 3 is 3.06 bits per heavy atom. The van der Waals surface area contributed by atoms with Crippen LogP contribution in [0.15, 0.2) is 29.0 Å². The third-order valence-corrected chi connectivity index (χ3v) is 1.98. The summed E-state index contributed by atoms with van der Waals surface area (Å²) in [7, 11) is 0. The van der Waals surface area contributed by atoms with Crippen LogP contribution < -0.4 is 5.32 Å². The number of halogens is 1. The molecule has 0 spiro atoms. The van der Waals surface area contributed by atoms with Gasteiger partial charge in [-0.3, -0.25) is 4.79 Å². The molecular weight excluding hydrogens is 227 g/mol. The lowest BCUT2D eigenvalue weighted by atomic mass is 10.3. The molecule has 0 saturated heterocycles. The first-order chi connectivity index (χ1) is 8.25. The third-order valence-electron chi connectivity index (χ3n) is 1.98. The molecule has 0 aliphatic heterocycles. The number of rotatable bonds is 4. The van der Waals surface area contributed by atoms with E-state index in [9.17, 15) is 9.18 Å². The average Bonchev–Trinajstić information content (AvgIpc) is 2.82. The molecule has 2 heterocycles. The van der Waals surface area contributed by atoms with Gasteiger partial charge in [0.15, 0.2) is 6.33 Å². The van der Waals surface area contributed by atoms with Crippen LogP contribution in [0.4, 0.5) is 4.39 Å². The molecule has 0 aliphatic rings. The van der Waals surface area contributed by atoms with E-state index in [4.69, 9.17) is 4.52 Å².